The van der Waals surface area contributed by atoms with E-state index in [1.165, 1.54) is 0 Å². The minimum absolute atomic E-state index is 0.0754. The lowest BCUT2D eigenvalue weighted by Crippen LogP contribution is -2.38. The highest BCUT2D eigenvalue weighted by molar-refractivity contribution is 6.68. The number of alkyl halides is 7. The van der Waals surface area contributed by atoms with Gasteiger partial charge in [0.05, 0.1) is 0 Å². The van der Waals surface area contributed by atoms with E-state index in [9.17, 15) is 0 Å². The highest BCUT2D eigenvalue weighted by atomic mass is 35.6. The van der Waals surface area contributed by atoms with Gasteiger partial charge in [-0.2, -0.15) is 0 Å². The smallest absolute Gasteiger partial charge is 0.123 e. The van der Waals surface area contributed by atoms with E-state index in [-0.39, 0.29) is 17.2 Å². The lowest BCUT2D eigenvalue weighted by atomic mass is 9.83. The molecule has 1 aliphatic carbocycles. The van der Waals surface area contributed by atoms with Crippen LogP contribution in [0.1, 0.15) is 19.3 Å². The van der Waals surface area contributed by atoms with Gasteiger partial charge in [-0.25, -0.2) is 0 Å². The molecule has 0 amide bonds. The van der Waals surface area contributed by atoms with Crippen molar-refractivity contribution in [3.05, 3.63) is 0 Å². The molecule has 1 saturated carbocycles. The van der Waals surface area contributed by atoms with Crippen LogP contribution < -0.4 is 0 Å². The molecule has 0 aromatic carbocycles. The Morgan fingerprint density at radius 3 is 1.67 bits per heavy atom. The standard InChI is InChI=1S/C8H9Cl7/c9-6-3-4(7(10,11)12)1-2-5(6)8(13,14)15/h4-6H,1-3H2/t4-,5+,6+/m1/s1. The van der Waals surface area contributed by atoms with Crippen molar-refractivity contribution in [2.75, 3.05) is 0 Å². The molecule has 0 bridgehead atoms. The van der Waals surface area contributed by atoms with Gasteiger partial charge in [-0.05, 0) is 19.3 Å². The van der Waals surface area contributed by atoms with Gasteiger partial charge in [0.15, 0.2) is 7.59 Å². The summed E-state index contributed by atoms with van der Waals surface area (Å²) in [5.74, 6) is -0.263. The van der Waals surface area contributed by atoms with Crippen LogP contribution in [0.4, 0.5) is 0 Å². The summed E-state index contributed by atoms with van der Waals surface area (Å²) >= 11 is 41.0. The Kier molecular flexibility index (Phi) is 5.38. The summed E-state index contributed by atoms with van der Waals surface area (Å²) in [6, 6.07) is 0. The van der Waals surface area contributed by atoms with E-state index in [0.29, 0.717) is 19.3 Å². The van der Waals surface area contributed by atoms with Crippen LogP contribution >= 0.6 is 81.2 Å². The van der Waals surface area contributed by atoms with Gasteiger partial charge in [0.25, 0.3) is 0 Å². The molecule has 0 heterocycles. The molecule has 0 unspecified atom stereocenters. The largest absolute Gasteiger partial charge is 0.194 e. The first-order valence-corrected chi connectivity index (χ1v) is 7.10. The molecule has 1 rings (SSSR count). The Balaban J connectivity index is 2.64. The summed E-state index contributed by atoms with van der Waals surface area (Å²) in [6.45, 7) is 0. The van der Waals surface area contributed by atoms with Crippen molar-refractivity contribution in [3.8, 4) is 0 Å². The molecule has 0 spiro atoms. The molecule has 0 saturated heterocycles. The molecular formula is C8H9Cl7. The Morgan fingerprint density at radius 2 is 1.33 bits per heavy atom. The quantitative estimate of drug-likeness (QED) is 0.487. The number of hydrogen-bond donors (Lipinski definition) is 0. The Bertz CT molecular complexity index is 216. The Labute approximate surface area is 124 Å². The molecule has 7 heteroatoms. The normalized spacial score (nSPS) is 34.2. The van der Waals surface area contributed by atoms with E-state index in [1.807, 2.05) is 0 Å². The second-order valence-electron chi connectivity index (χ2n) is 3.72. The second-order valence-corrected chi connectivity index (χ2v) is 9.01. The van der Waals surface area contributed by atoms with Crippen molar-refractivity contribution in [3.63, 3.8) is 0 Å². The van der Waals surface area contributed by atoms with Crippen molar-refractivity contribution >= 4 is 81.2 Å². The molecule has 0 aromatic heterocycles. The predicted molar refractivity (Wildman–Crippen MR) is 71.1 cm³/mol. The molecule has 0 radical (unpaired) electrons. The molecule has 0 aromatic rings. The van der Waals surface area contributed by atoms with Gasteiger partial charge in [0.2, 0.25) is 0 Å². The topological polar surface area (TPSA) is 0 Å². The zero-order chi connectivity index (χ0) is 11.9. The van der Waals surface area contributed by atoms with E-state index in [2.05, 4.69) is 0 Å². The van der Waals surface area contributed by atoms with Crippen molar-refractivity contribution in [2.24, 2.45) is 11.8 Å². The third kappa shape index (κ3) is 4.32. The van der Waals surface area contributed by atoms with Crippen molar-refractivity contribution < 1.29 is 0 Å². The summed E-state index contributed by atoms with van der Waals surface area (Å²) in [5, 5.41) is -0.271. The van der Waals surface area contributed by atoms with E-state index in [1.54, 1.807) is 0 Å². The lowest BCUT2D eigenvalue weighted by Gasteiger charge is -2.38. The summed E-state index contributed by atoms with van der Waals surface area (Å²) in [6.07, 6.45) is 1.91. The maximum absolute atomic E-state index is 6.14. The Hall–Kier alpha value is 2.03. The predicted octanol–water partition coefficient (Wildman–Crippen LogP) is 5.75. The molecule has 90 valence electrons. The van der Waals surface area contributed by atoms with Crippen LogP contribution in [0.5, 0.6) is 0 Å². The minimum atomic E-state index is -1.34. The van der Waals surface area contributed by atoms with E-state index in [0.717, 1.165) is 0 Å². The van der Waals surface area contributed by atoms with Gasteiger partial charge < -0.3 is 0 Å². The SMILES string of the molecule is Cl[C@H]1C[C@H](C(Cl)(Cl)Cl)CC[C@@H]1C(Cl)(Cl)Cl. The number of halogens is 7. The molecule has 3 atom stereocenters. The van der Waals surface area contributed by atoms with Crippen LogP contribution in [-0.4, -0.2) is 13.0 Å². The van der Waals surface area contributed by atoms with Gasteiger partial charge in [-0.15, -0.1) is 11.6 Å². The average molecular weight is 353 g/mol. The number of hydrogen-bond acceptors (Lipinski definition) is 0. The van der Waals surface area contributed by atoms with Gasteiger partial charge >= 0.3 is 0 Å². The minimum Gasteiger partial charge on any atom is -0.123 e. The Morgan fingerprint density at radius 1 is 0.800 bits per heavy atom. The molecule has 0 aliphatic heterocycles. The summed E-state index contributed by atoms with van der Waals surface area (Å²) in [5.41, 5.74) is 0. The first-order chi connectivity index (χ1) is 6.62. The zero-order valence-electron chi connectivity index (χ0n) is 7.50. The van der Waals surface area contributed by atoms with Gasteiger partial charge in [-0.3, -0.25) is 0 Å². The van der Waals surface area contributed by atoms with Gasteiger partial charge in [0.1, 0.15) is 0 Å². The highest BCUT2D eigenvalue weighted by Gasteiger charge is 2.45. The van der Waals surface area contributed by atoms with E-state index in [4.69, 9.17) is 81.2 Å². The molecular weight excluding hydrogens is 344 g/mol. The zero-order valence-corrected chi connectivity index (χ0v) is 12.8. The van der Waals surface area contributed by atoms with Crippen LogP contribution in [0.2, 0.25) is 0 Å². The van der Waals surface area contributed by atoms with Crippen LogP contribution in [-0.2, 0) is 0 Å². The maximum atomic E-state index is 6.14. The summed E-state index contributed by atoms with van der Waals surface area (Å²) in [7, 11) is 0. The first-order valence-electron chi connectivity index (χ1n) is 4.40. The maximum Gasteiger partial charge on any atom is 0.194 e. The fraction of sp³-hybridized carbons (Fsp3) is 1.00. The molecule has 1 aliphatic rings. The second kappa shape index (κ2) is 5.34. The summed E-state index contributed by atoms with van der Waals surface area (Å²) in [4.78, 5) is 0. The van der Waals surface area contributed by atoms with Crippen LogP contribution in [0.15, 0.2) is 0 Å². The van der Waals surface area contributed by atoms with Crippen LogP contribution in [0.3, 0.4) is 0 Å². The van der Waals surface area contributed by atoms with Crippen molar-refractivity contribution in [1.82, 2.24) is 0 Å². The lowest BCUT2D eigenvalue weighted by molar-refractivity contribution is 0.285. The first kappa shape index (κ1) is 15.1. The third-order valence-corrected chi connectivity index (χ3v) is 4.90. The fourth-order valence-electron chi connectivity index (χ4n) is 1.78. The van der Waals surface area contributed by atoms with Crippen LogP contribution in [0.25, 0.3) is 0 Å². The van der Waals surface area contributed by atoms with E-state index >= 15 is 0 Å². The highest BCUT2D eigenvalue weighted by Crippen LogP contribution is 2.51. The molecule has 0 N–H and O–H groups in total. The molecule has 0 nitrogen and oxygen atoms in total. The van der Waals surface area contributed by atoms with Crippen LogP contribution in [0, 0.1) is 11.8 Å². The van der Waals surface area contributed by atoms with Gasteiger partial charge in [0, 0.05) is 17.2 Å². The average Bonchev–Trinajstić information content (AvgIpc) is 1.99. The van der Waals surface area contributed by atoms with Crippen molar-refractivity contribution in [1.29, 1.82) is 0 Å². The number of rotatable bonds is 0. The summed E-state index contributed by atoms with van der Waals surface area (Å²) < 4.78 is -2.63. The monoisotopic (exact) mass is 350 g/mol. The molecule has 1 fully saturated rings. The van der Waals surface area contributed by atoms with Gasteiger partial charge in [-0.1, -0.05) is 69.6 Å². The third-order valence-electron chi connectivity index (χ3n) is 2.66. The molecule has 15 heavy (non-hydrogen) atoms. The van der Waals surface area contributed by atoms with E-state index < -0.39 is 7.59 Å². The fourth-order valence-corrected chi connectivity index (χ4v) is 3.88. The van der Waals surface area contributed by atoms with Crippen molar-refractivity contribution in [2.45, 2.75) is 32.2 Å².